The first-order chi connectivity index (χ1) is 7.76. The van der Waals surface area contributed by atoms with E-state index >= 15 is 0 Å². The molecule has 4 heteroatoms. The molecule has 0 spiro atoms. The Bertz CT molecular complexity index is 353. The SMILES string of the molecule is CC(C)(C)[Si](C)(C)OCCc1ccc(CO)s1. The van der Waals surface area contributed by atoms with E-state index in [1.54, 1.807) is 11.3 Å². The summed E-state index contributed by atoms with van der Waals surface area (Å²) in [7, 11) is -1.61. The minimum atomic E-state index is -1.61. The van der Waals surface area contributed by atoms with Gasteiger partial charge in [-0.3, -0.25) is 0 Å². The molecular formula is C13H24O2SSi. The van der Waals surface area contributed by atoms with E-state index in [1.807, 2.05) is 6.07 Å². The lowest BCUT2D eigenvalue weighted by atomic mass is 10.2. The minimum absolute atomic E-state index is 0.147. The van der Waals surface area contributed by atoms with Gasteiger partial charge >= 0.3 is 0 Å². The molecule has 98 valence electrons. The molecule has 1 aromatic heterocycles. The fourth-order valence-corrected chi connectivity index (χ4v) is 3.17. The molecule has 0 aliphatic rings. The molecule has 0 bridgehead atoms. The van der Waals surface area contributed by atoms with Gasteiger partial charge in [0.05, 0.1) is 6.61 Å². The van der Waals surface area contributed by atoms with Crippen LogP contribution < -0.4 is 0 Å². The molecule has 17 heavy (non-hydrogen) atoms. The van der Waals surface area contributed by atoms with Crippen molar-refractivity contribution in [2.75, 3.05) is 6.61 Å². The molecule has 0 saturated heterocycles. The van der Waals surface area contributed by atoms with Crippen LogP contribution in [0.5, 0.6) is 0 Å². The average molecular weight is 272 g/mol. The van der Waals surface area contributed by atoms with Gasteiger partial charge in [0.1, 0.15) is 0 Å². The molecule has 1 rings (SSSR count). The van der Waals surface area contributed by atoms with Crippen LogP contribution in [0, 0.1) is 0 Å². The van der Waals surface area contributed by atoms with Crippen molar-refractivity contribution >= 4 is 19.7 Å². The highest BCUT2D eigenvalue weighted by molar-refractivity contribution is 7.11. The van der Waals surface area contributed by atoms with Crippen LogP contribution in [0.25, 0.3) is 0 Å². The first-order valence-corrected chi connectivity index (χ1v) is 9.81. The average Bonchev–Trinajstić information content (AvgIpc) is 2.63. The Morgan fingerprint density at radius 1 is 1.24 bits per heavy atom. The van der Waals surface area contributed by atoms with Gasteiger partial charge in [-0.2, -0.15) is 0 Å². The zero-order valence-corrected chi connectivity index (χ0v) is 13.4. The van der Waals surface area contributed by atoms with Crippen LogP contribution in [0.15, 0.2) is 12.1 Å². The highest BCUT2D eigenvalue weighted by Gasteiger charge is 2.36. The van der Waals surface area contributed by atoms with Crippen LogP contribution >= 0.6 is 11.3 Å². The summed E-state index contributed by atoms with van der Waals surface area (Å²) in [5, 5.41) is 9.27. The van der Waals surface area contributed by atoms with E-state index < -0.39 is 8.32 Å². The molecule has 1 heterocycles. The molecule has 1 aromatic rings. The topological polar surface area (TPSA) is 29.5 Å². The Labute approximate surface area is 110 Å². The smallest absolute Gasteiger partial charge is 0.191 e. The molecular weight excluding hydrogens is 248 g/mol. The van der Waals surface area contributed by atoms with E-state index in [1.165, 1.54) is 4.88 Å². The van der Waals surface area contributed by atoms with Crippen LogP contribution in [-0.2, 0) is 17.5 Å². The summed E-state index contributed by atoms with van der Waals surface area (Å²) < 4.78 is 6.12. The van der Waals surface area contributed by atoms with Crippen LogP contribution in [0.4, 0.5) is 0 Å². The predicted octanol–water partition coefficient (Wildman–Crippen LogP) is 3.80. The number of aliphatic hydroxyl groups excluding tert-OH is 1. The van der Waals surface area contributed by atoms with Crippen molar-refractivity contribution in [3.63, 3.8) is 0 Å². The third kappa shape index (κ3) is 4.21. The van der Waals surface area contributed by atoms with Crippen molar-refractivity contribution in [3.05, 3.63) is 21.9 Å². The molecule has 0 unspecified atom stereocenters. The Morgan fingerprint density at radius 2 is 1.82 bits per heavy atom. The molecule has 0 saturated carbocycles. The second-order valence-corrected chi connectivity index (χ2v) is 11.9. The molecule has 0 aliphatic heterocycles. The van der Waals surface area contributed by atoms with Crippen molar-refractivity contribution in [2.24, 2.45) is 0 Å². The molecule has 0 aliphatic carbocycles. The highest BCUT2D eigenvalue weighted by Crippen LogP contribution is 2.36. The number of hydrogen-bond acceptors (Lipinski definition) is 3. The van der Waals surface area contributed by atoms with Crippen LogP contribution in [0.2, 0.25) is 18.1 Å². The maximum atomic E-state index is 9.00. The molecule has 2 nitrogen and oxygen atoms in total. The predicted molar refractivity (Wildman–Crippen MR) is 77.1 cm³/mol. The van der Waals surface area contributed by atoms with E-state index in [4.69, 9.17) is 9.53 Å². The van der Waals surface area contributed by atoms with Crippen molar-refractivity contribution in [2.45, 2.75) is 51.9 Å². The van der Waals surface area contributed by atoms with Gasteiger partial charge < -0.3 is 9.53 Å². The first kappa shape index (κ1) is 14.9. The largest absolute Gasteiger partial charge is 0.416 e. The number of aliphatic hydroxyl groups is 1. The number of hydrogen-bond donors (Lipinski definition) is 1. The monoisotopic (exact) mass is 272 g/mol. The normalized spacial score (nSPS) is 13.1. The summed E-state index contributed by atoms with van der Waals surface area (Å²) >= 11 is 1.68. The standard InChI is InChI=1S/C13H24O2SSi/c1-13(2,3)17(4,5)15-9-8-11-6-7-12(10-14)16-11/h6-7,14H,8-10H2,1-5H3. The Morgan fingerprint density at radius 3 is 2.29 bits per heavy atom. The second kappa shape index (κ2) is 5.65. The van der Waals surface area contributed by atoms with Crippen LogP contribution in [-0.4, -0.2) is 20.0 Å². The highest BCUT2D eigenvalue weighted by atomic mass is 32.1. The van der Waals surface area contributed by atoms with Crippen molar-refractivity contribution in [3.8, 4) is 0 Å². The van der Waals surface area contributed by atoms with Crippen molar-refractivity contribution in [1.82, 2.24) is 0 Å². The van der Waals surface area contributed by atoms with E-state index in [0.29, 0.717) is 0 Å². The van der Waals surface area contributed by atoms with Gasteiger partial charge in [-0.25, -0.2) is 0 Å². The van der Waals surface area contributed by atoms with Gasteiger partial charge in [-0.05, 0) is 30.3 Å². The fraction of sp³-hybridized carbons (Fsp3) is 0.692. The summed E-state index contributed by atoms with van der Waals surface area (Å²) in [4.78, 5) is 2.33. The van der Waals surface area contributed by atoms with E-state index in [-0.39, 0.29) is 11.6 Å². The van der Waals surface area contributed by atoms with Gasteiger partial charge in [-0.15, -0.1) is 11.3 Å². The Hall–Kier alpha value is -0.163. The van der Waals surface area contributed by atoms with Gasteiger partial charge in [-0.1, -0.05) is 20.8 Å². The lowest BCUT2D eigenvalue weighted by Gasteiger charge is -2.36. The summed E-state index contributed by atoms with van der Waals surface area (Å²) in [5.74, 6) is 0. The molecule has 0 amide bonds. The van der Waals surface area contributed by atoms with Gasteiger partial charge in [0, 0.05) is 22.8 Å². The second-order valence-electron chi connectivity index (χ2n) is 5.88. The quantitative estimate of drug-likeness (QED) is 0.826. The minimum Gasteiger partial charge on any atom is -0.416 e. The molecule has 0 aromatic carbocycles. The Kier molecular flexibility index (Phi) is 4.95. The van der Waals surface area contributed by atoms with Gasteiger partial charge in [0.25, 0.3) is 0 Å². The van der Waals surface area contributed by atoms with Crippen molar-refractivity contribution < 1.29 is 9.53 Å². The third-order valence-electron chi connectivity index (χ3n) is 3.49. The van der Waals surface area contributed by atoms with Gasteiger partial charge in [0.15, 0.2) is 8.32 Å². The first-order valence-electron chi connectivity index (χ1n) is 6.09. The van der Waals surface area contributed by atoms with Crippen LogP contribution in [0.1, 0.15) is 30.5 Å². The van der Waals surface area contributed by atoms with E-state index in [2.05, 4.69) is 39.9 Å². The molecule has 0 atom stereocenters. The molecule has 0 radical (unpaired) electrons. The summed E-state index contributed by atoms with van der Waals surface area (Å²) in [6.45, 7) is 12.3. The lowest BCUT2D eigenvalue weighted by Crippen LogP contribution is -2.41. The molecule has 0 fully saturated rings. The maximum Gasteiger partial charge on any atom is 0.191 e. The third-order valence-corrected chi connectivity index (χ3v) is 9.16. The van der Waals surface area contributed by atoms with Gasteiger partial charge in [0.2, 0.25) is 0 Å². The Balaban J connectivity index is 2.42. The lowest BCUT2D eigenvalue weighted by molar-refractivity contribution is 0.285. The summed E-state index contributed by atoms with van der Waals surface area (Å²) in [5.41, 5.74) is 0. The van der Waals surface area contributed by atoms with Crippen LogP contribution in [0.3, 0.4) is 0 Å². The number of rotatable bonds is 5. The summed E-state index contributed by atoms with van der Waals surface area (Å²) in [6, 6.07) is 4.08. The number of thiophene rings is 1. The zero-order chi connectivity index (χ0) is 13.1. The van der Waals surface area contributed by atoms with E-state index in [9.17, 15) is 0 Å². The van der Waals surface area contributed by atoms with Crippen molar-refractivity contribution in [1.29, 1.82) is 0 Å². The maximum absolute atomic E-state index is 9.00. The fourth-order valence-electron chi connectivity index (χ4n) is 1.26. The summed E-state index contributed by atoms with van der Waals surface area (Å²) in [6.07, 6.45) is 0.956. The molecule has 1 N–H and O–H groups in total. The zero-order valence-electron chi connectivity index (χ0n) is 11.5. The van der Waals surface area contributed by atoms with E-state index in [0.717, 1.165) is 17.9 Å².